The van der Waals surface area contributed by atoms with E-state index in [4.69, 9.17) is 9.47 Å². The fourth-order valence-corrected chi connectivity index (χ4v) is 3.70. The van der Waals surface area contributed by atoms with Crippen LogP contribution in [0.15, 0.2) is 47.6 Å². The van der Waals surface area contributed by atoms with E-state index in [1.165, 1.54) is 17.3 Å². The van der Waals surface area contributed by atoms with E-state index in [2.05, 4.69) is 54.3 Å². The molecule has 0 aliphatic carbocycles. The van der Waals surface area contributed by atoms with Crippen LogP contribution in [0.4, 0.5) is 5.82 Å². The molecule has 158 valence electrons. The Morgan fingerprint density at radius 1 is 1.06 bits per heavy atom. The summed E-state index contributed by atoms with van der Waals surface area (Å²) in [4.78, 5) is 9.19. The summed E-state index contributed by atoms with van der Waals surface area (Å²) < 4.78 is 10.8. The first kappa shape index (κ1) is 21.0. The van der Waals surface area contributed by atoms with E-state index < -0.39 is 0 Å². The number of rotatable bonds is 5. The van der Waals surface area contributed by atoms with Gasteiger partial charge < -0.3 is 14.8 Å². The van der Waals surface area contributed by atoms with Crippen molar-refractivity contribution in [1.29, 1.82) is 5.26 Å². The zero-order chi connectivity index (χ0) is 22.0. The number of benzene rings is 2. The zero-order valence-electron chi connectivity index (χ0n) is 18.0. The van der Waals surface area contributed by atoms with Crippen molar-refractivity contribution < 1.29 is 9.47 Å². The number of thioether (sulfide) groups is 1. The van der Waals surface area contributed by atoms with E-state index >= 15 is 0 Å². The number of hydrogen-bond acceptors (Lipinski definition) is 7. The van der Waals surface area contributed by atoms with Crippen molar-refractivity contribution in [3.05, 3.63) is 59.2 Å². The fraction of sp³-hybridized carbons (Fsp3) is 0.292. The van der Waals surface area contributed by atoms with Gasteiger partial charge in [0.05, 0.1) is 5.69 Å². The van der Waals surface area contributed by atoms with Gasteiger partial charge in [-0.25, -0.2) is 9.97 Å². The lowest BCUT2D eigenvalue weighted by Crippen LogP contribution is -2.10. The first-order valence-corrected chi connectivity index (χ1v) is 11.2. The number of nitriles is 1. The van der Waals surface area contributed by atoms with E-state index in [-0.39, 0.29) is 12.2 Å². The number of ether oxygens (including phenoxy) is 2. The van der Waals surface area contributed by atoms with Gasteiger partial charge in [0.15, 0.2) is 16.7 Å². The van der Waals surface area contributed by atoms with Gasteiger partial charge in [-0.2, -0.15) is 5.26 Å². The minimum atomic E-state index is 0.0595. The molecule has 31 heavy (non-hydrogen) atoms. The smallest absolute Gasteiger partial charge is 0.231 e. The Morgan fingerprint density at radius 2 is 1.81 bits per heavy atom. The molecule has 4 rings (SSSR count). The van der Waals surface area contributed by atoms with Gasteiger partial charge >= 0.3 is 0 Å². The molecule has 0 spiro atoms. The van der Waals surface area contributed by atoms with E-state index in [1.807, 2.05) is 36.6 Å². The molecule has 1 N–H and O–H groups in total. The summed E-state index contributed by atoms with van der Waals surface area (Å²) >= 11 is 1.45. The molecule has 0 atom stereocenters. The summed E-state index contributed by atoms with van der Waals surface area (Å²) in [7, 11) is 0. The van der Waals surface area contributed by atoms with Gasteiger partial charge in [0, 0.05) is 12.1 Å². The molecule has 1 aliphatic heterocycles. The maximum absolute atomic E-state index is 9.92. The largest absolute Gasteiger partial charge is 0.454 e. The molecule has 2 aromatic carbocycles. The van der Waals surface area contributed by atoms with Crippen LogP contribution in [0, 0.1) is 11.3 Å². The average Bonchev–Trinajstić information content (AvgIpc) is 3.24. The molecule has 1 aromatic heterocycles. The fourth-order valence-electron chi connectivity index (χ4n) is 3.34. The summed E-state index contributed by atoms with van der Waals surface area (Å²) in [6.07, 6.45) is 1.93. The van der Waals surface area contributed by atoms with Gasteiger partial charge in [0.25, 0.3) is 0 Å². The topological polar surface area (TPSA) is 80.1 Å². The summed E-state index contributed by atoms with van der Waals surface area (Å²) in [5, 5.41) is 13.8. The Kier molecular flexibility index (Phi) is 5.75. The molecule has 7 heteroatoms. The van der Waals surface area contributed by atoms with Crippen LogP contribution >= 0.6 is 11.8 Å². The molecule has 2 heterocycles. The van der Waals surface area contributed by atoms with Crippen LogP contribution in [0.25, 0.3) is 11.3 Å². The number of nitrogens with zero attached hydrogens (tertiary/aromatic N) is 3. The van der Waals surface area contributed by atoms with Crippen molar-refractivity contribution in [2.24, 2.45) is 0 Å². The van der Waals surface area contributed by atoms with E-state index in [0.29, 0.717) is 28.8 Å². The van der Waals surface area contributed by atoms with Crippen molar-refractivity contribution in [3.8, 4) is 28.8 Å². The van der Waals surface area contributed by atoms with Gasteiger partial charge in [-0.15, -0.1) is 0 Å². The molecule has 0 radical (unpaired) electrons. The second-order valence-corrected chi connectivity index (χ2v) is 9.04. The van der Waals surface area contributed by atoms with Crippen molar-refractivity contribution in [3.63, 3.8) is 0 Å². The Morgan fingerprint density at radius 3 is 2.48 bits per heavy atom. The molecule has 1 aliphatic rings. The number of anilines is 1. The second kappa shape index (κ2) is 8.48. The predicted molar refractivity (Wildman–Crippen MR) is 123 cm³/mol. The summed E-state index contributed by atoms with van der Waals surface area (Å²) in [5.41, 5.74) is 4.26. The molecule has 3 aromatic rings. The molecular weight excluding hydrogens is 408 g/mol. The second-order valence-electron chi connectivity index (χ2n) is 8.26. The third kappa shape index (κ3) is 4.44. The van der Waals surface area contributed by atoms with Gasteiger partial charge in [-0.1, -0.05) is 62.9 Å². The highest BCUT2D eigenvalue weighted by Crippen LogP contribution is 2.34. The summed E-state index contributed by atoms with van der Waals surface area (Å²) in [6, 6.07) is 16.3. The molecule has 0 fully saturated rings. The average molecular weight is 433 g/mol. The van der Waals surface area contributed by atoms with Crippen LogP contribution < -0.4 is 14.8 Å². The lowest BCUT2D eigenvalue weighted by Gasteiger charge is -2.19. The third-order valence-corrected chi connectivity index (χ3v) is 5.65. The molecule has 0 saturated carbocycles. The number of hydrogen-bond donors (Lipinski definition) is 1. The highest BCUT2D eigenvalue weighted by Gasteiger charge is 2.19. The minimum Gasteiger partial charge on any atom is -0.454 e. The maximum Gasteiger partial charge on any atom is 0.231 e. The minimum absolute atomic E-state index is 0.0595. The van der Waals surface area contributed by atoms with Crippen LogP contribution in [0.3, 0.4) is 0 Å². The van der Waals surface area contributed by atoms with Crippen LogP contribution in [0.1, 0.15) is 37.5 Å². The quantitative estimate of drug-likeness (QED) is 0.428. The van der Waals surface area contributed by atoms with Crippen molar-refractivity contribution >= 4 is 17.6 Å². The highest BCUT2D eigenvalue weighted by molar-refractivity contribution is 7.98. The number of nitrogens with one attached hydrogen (secondary N) is 1. The van der Waals surface area contributed by atoms with Gasteiger partial charge in [-0.3, -0.25) is 0 Å². The summed E-state index contributed by atoms with van der Waals surface area (Å²) in [6.45, 7) is 7.27. The van der Waals surface area contributed by atoms with E-state index in [0.717, 1.165) is 22.6 Å². The van der Waals surface area contributed by atoms with Crippen LogP contribution in [0.2, 0.25) is 0 Å². The molecule has 0 bridgehead atoms. The monoisotopic (exact) mass is 432 g/mol. The van der Waals surface area contributed by atoms with Crippen molar-refractivity contribution in [2.45, 2.75) is 37.9 Å². The lowest BCUT2D eigenvalue weighted by atomic mass is 9.86. The highest BCUT2D eigenvalue weighted by atomic mass is 32.2. The standard InChI is InChI=1S/C24H24N4O2S/c1-24(2,3)17-8-6-16(7-9-17)21-18(12-25)22(28-23(27-21)31-4)26-13-15-5-10-19-20(11-15)30-14-29-19/h5-11H,13-14H2,1-4H3,(H,26,27,28). The van der Waals surface area contributed by atoms with Crippen LogP contribution in [-0.2, 0) is 12.0 Å². The van der Waals surface area contributed by atoms with Crippen molar-refractivity contribution in [1.82, 2.24) is 9.97 Å². The molecule has 0 amide bonds. The Bertz CT molecular complexity index is 1150. The number of aromatic nitrogens is 2. The third-order valence-electron chi connectivity index (χ3n) is 5.10. The van der Waals surface area contributed by atoms with E-state index in [9.17, 15) is 5.26 Å². The van der Waals surface area contributed by atoms with Gasteiger partial charge in [-0.05, 0) is 34.9 Å². The van der Waals surface area contributed by atoms with Gasteiger partial charge in [0.2, 0.25) is 6.79 Å². The lowest BCUT2D eigenvalue weighted by molar-refractivity contribution is 0.174. The Labute approximate surface area is 186 Å². The molecule has 0 unspecified atom stereocenters. The summed E-state index contributed by atoms with van der Waals surface area (Å²) in [5.74, 6) is 2.00. The Balaban J connectivity index is 1.66. The molecule has 6 nitrogen and oxygen atoms in total. The normalized spacial score (nSPS) is 12.5. The maximum atomic E-state index is 9.92. The SMILES string of the molecule is CSc1nc(NCc2ccc3c(c2)OCO3)c(C#N)c(-c2ccc(C(C)(C)C)cc2)n1. The predicted octanol–water partition coefficient (Wildman–Crippen LogP) is 5.38. The van der Waals surface area contributed by atoms with Gasteiger partial charge in [0.1, 0.15) is 17.5 Å². The van der Waals surface area contributed by atoms with Crippen molar-refractivity contribution in [2.75, 3.05) is 18.4 Å². The van der Waals surface area contributed by atoms with Crippen LogP contribution in [0.5, 0.6) is 11.5 Å². The first-order valence-electron chi connectivity index (χ1n) is 9.98. The van der Waals surface area contributed by atoms with E-state index in [1.54, 1.807) is 0 Å². The molecule has 0 saturated heterocycles. The molecular formula is C24H24N4O2S. The van der Waals surface area contributed by atoms with Crippen LogP contribution in [-0.4, -0.2) is 23.0 Å². The number of fused-ring (bicyclic) bond motifs is 1. The zero-order valence-corrected chi connectivity index (χ0v) is 18.8. The Hall–Kier alpha value is -3.24. The first-order chi connectivity index (χ1) is 14.9.